The van der Waals surface area contributed by atoms with E-state index < -0.39 is 14.9 Å². The highest BCUT2D eigenvalue weighted by Gasteiger charge is 2.27. The third-order valence-electron chi connectivity index (χ3n) is 2.94. The van der Waals surface area contributed by atoms with Crippen LogP contribution in [-0.4, -0.2) is 43.2 Å². The van der Waals surface area contributed by atoms with Gasteiger partial charge in [-0.3, -0.25) is 16.0 Å². The van der Waals surface area contributed by atoms with Crippen molar-refractivity contribution in [3.63, 3.8) is 0 Å². The molecule has 0 spiro atoms. The number of anilines is 1. The monoisotopic (exact) mass is 334 g/mol. The minimum absolute atomic E-state index is 0.0724. The molecule has 10 heteroatoms. The molecule has 0 heterocycles. The summed E-state index contributed by atoms with van der Waals surface area (Å²) in [5.41, 5.74) is 2.30. The van der Waals surface area contributed by atoms with Crippen LogP contribution in [0.3, 0.4) is 0 Å². The SMILES string of the molecule is CSCCN(C)S(=O)(=O)c1cc([N+](=O)[O-])c(NN)cc1C. The molecule has 1 rings (SSSR count). The zero-order valence-electron chi connectivity index (χ0n) is 12.0. The van der Waals surface area contributed by atoms with Gasteiger partial charge in [0.1, 0.15) is 5.69 Å². The number of hydrazine groups is 1. The topological polar surface area (TPSA) is 119 Å². The molecule has 0 aromatic heterocycles. The van der Waals surface area contributed by atoms with Crippen LogP contribution >= 0.6 is 11.8 Å². The smallest absolute Gasteiger partial charge is 0.295 e. The summed E-state index contributed by atoms with van der Waals surface area (Å²) in [6.45, 7) is 1.90. The van der Waals surface area contributed by atoms with E-state index in [1.165, 1.54) is 29.2 Å². The molecule has 0 amide bonds. The van der Waals surface area contributed by atoms with Crippen molar-refractivity contribution in [3.05, 3.63) is 27.8 Å². The first-order valence-corrected chi connectivity index (χ1v) is 8.80. The lowest BCUT2D eigenvalue weighted by Crippen LogP contribution is -2.29. The molecule has 8 nitrogen and oxygen atoms in total. The summed E-state index contributed by atoms with van der Waals surface area (Å²) in [7, 11) is -2.33. The quantitative estimate of drug-likeness (QED) is 0.436. The number of sulfonamides is 1. The fourth-order valence-corrected chi connectivity index (χ4v) is 3.70. The van der Waals surface area contributed by atoms with Crippen molar-refractivity contribution in [2.75, 3.05) is 31.0 Å². The molecule has 0 atom stereocenters. The summed E-state index contributed by atoms with van der Waals surface area (Å²) in [6, 6.07) is 2.39. The van der Waals surface area contributed by atoms with Crippen LogP contribution in [0.2, 0.25) is 0 Å². The number of nitro groups is 1. The number of hydrogen-bond acceptors (Lipinski definition) is 7. The van der Waals surface area contributed by atoms with Crippen molar-refractivity contribution in [2.45, 2.75) is 11.8 Å². The highest BCUT2D eigenvalue weighted by molar-refractivity contribution is 7.98. The molecule has 1 aromatic carbocycles. The third-order valence-corrected chi connectivity index (χ3v) is 5.53. The second-order valence-corrected chi connectivity index (χ2v) is 7.35. The van der Waals surface area contributed by atoms with Crippen LogP contribution in [0.1, 0.15) is 5.56 Å². The largest absolute Gasteiger partial charge is 0.318 e. The van der Waals surface area contributed by atoms with E-state index in [0.29, 0.717) is 17.9 Å². The molecule has 0 bridgehead atoms. The minimum atomic E-state index is -3.78. The van der Waals surface area contributed by atoms with Crippen LogP contribution < -0.4 is 11.3 Å². The molecule has 0 aliphatic rings. The molecule has 1 aromatic rings. The number of hydrogen-bond donors (Lipinski definition) is 2. The Morgan fingerprint density at radius 2 is 2.10 bits per heavy atom. The average Bonchev–Trinajstić information content (AvgIpc) is 2.43. The summed E-state index contributed by atoms with van der Waals surface area (Å²) in [5, 5.41) is 11.0. The first kappa shape index (κ1) is 17.7. The molecule has 3 N–H and O–H groups in total. The fraction of sp³-hybridized carbons (Fsp3) is 0.455. The maximum absolute atomic E-state index is 12.5. The number of nitrogen functional groups attached to an aromatic ring is 1. The van der Waals surface area contributed by atoms with Crippen LogP contribution in [0.25, 0.3) is 0 Å². The van der Waals surface area contributed by atoms with Gasteiger partial charge in [-0.1, -0.05) is 0 Å². The second kappa shape index (κ2) is 7.07. The molecule has 0 saturated carbocycles. The molecular formula is C11H18N4O4S2. The highest BCUT2D eigenvalue weighted by atomic mass is 32.2. The Labute approximate surface area is 127 Å². The Morgan fingerprint density at radius 3 is 2.57 bits per heavy atom. The Balaban J connectivity index is 3.36. The maximum atomic E-state index is 12.5. The predicted molar refractivity (Wildman–Crippen MR) is 83.8 cm³/mol. The standard InChI is InChI=1S/C11H18N4O4S2/c1-8-6-9(13-12)10(15(16)17)7-11(8)21(18,19)14(2)4-5-20-3/h6-7,13H,4-5,12H2,1-3H3. The van der Waals surface area contributed by atoms with Gasteiger partial charge in [-0.25, -0.2) is 12.7 Å². The van der Waals surface area contributed by atoms with Crippen LogP contribution in [-0.2, 0) is 10.0 Å². The fourth-order valence-electron chi connectivity index (χ4n) is 1.73. The molecule has 118 valence electrons. The summed E-state index contributed by atoms with van der Waals surface area (Å²) in [6.07, 6.45) is 1.87. The molecule has 0 unspecified atom stereocenters. The van der Waals surface area contributed by atoms with Gasteiger partial charge >= 0.3 is 0 Å². The number of benzene rings is 1. The van der Waals surface area contributed by atoms with E-state index in [-0.39, 0.29) is 16.3 Å². The van der Waals surface area contributed by atoms with Gasteiger partial charge in [0.05, 0.1) is 9.82 Å². The molecule has 0 aliphatic carbocycles. The van der Waals surface area contributed by atoms with E-state index in [1.807, 2.05) is 6.26 Å². The summed E-state index contributed by atoms with van der Waals surface area (Å²) >= 11 is 1.52. The average molecular weight is 334 g/mol. The van der Waals surface area contributed by atoms with Gasteiger partial charge in [-0.2, -0.15) is 11.8 Å². The number of nitro benzene ring substituents is 1. The van der Waals surface area contributed by atoms with Gasteiger partial charge < -0.3 is 5.43 Å². The van der Waals surface area contributed by atoms with E-state index >= 15 is 0 Å². The zero-order valence-corrected chi connectivity index (χ0v) is 13.6. The van der Waals surface area contributed by atoms with Crippen LogP contribution in [0, 0.1) is 17.0 Å². The number of aryl methyl sites for hydroxylation is 1. The van der Waals surface area contributed by atoms with Crippen molar-refractivity contribution in [3.8, 4) is 0 Å². The van der Waals surface area contributed by atoms with Crippen molar-refractivity contribution in [1.29, 1.82) is 0 Å². The van der Waals surface area contributed by atoms with Gasteiger partial charge in [-0.05, 0) is 24.8 Å². The molecule has 0 aliphatic heterocycles. The third kappa shape index (κ3) is 3.84. The molecular weight excluding hydrogens is 316 g/mol. The predicted octanol–water partition coefficient (Wildman–Crippen LogP) is 1.17. The number of rotatable bonds is 7. The summed E-state index contributed by atoms with van der Waals surface area (Å²) < 4.78 is 26.1. The molecule has 0 saturated heterocycles. The van der Waals surface area contributed by atoms with Crippen molar-refractivity contribution in [2.24, 2.45) is 5.84 Å². The minimum Gasteiger partial charge on any atom is -0.318 e. The molecule has 0 radical (unpaired) electrons. The number of nitrogens with zero attached hydrogens (tertiary/aromatic N) is 2. The van der Waals surface area contributed by atoms with Crippen molar-refractivity contribution in [1.82, 2.24) is 4.31 Å². The molecule has 21 heavy (non-hydrogen) atoms. The van der Waals surface area contributed by atoms with Gasteiger partial charge in [0.15, 0.2) is 0 Å². The highest BCUT2D eigenvalue weighted by Crippen LogP contribution is 2.31. The lowest BCUT2D eigenvalue weighted by molar-refractivity contribution is -0.384. The van der Waals surface area contributed by atoms with E-state index in [4.69, 9.17) is 5.84 Å². The normalized spacial score (nSPS) is 11.7. The van der Waals surface area contributed by atoms with Crippen LogP contribution in [0.4, 0.5) is 11.4 Å². The zero-order chi connectivity index (χ0) is 16.2. The number of nitrogens with two attached hydrogens (primary N) is 1. The lowest BCUT2D eigenvalue weighted by Gasteiger charge is -2.18. The lowest BCUT2D eigenvalue weighted by atomic mass is 10.2. The molecule has 0 fully saturated rings. The Morgan fingerprint density at radius 1 is 1.48 bits per heavy atom. The second-order valence-electron chi connectivity index (χ2n) is 4.36. The van der Waals surface area contributed by atoms with Gasteiger partial charge in [0, 0.05) is 25.4 Å². The summed E-state index contributed by atoms with van der Waals surface area (Å²) in [4.78, 5) is 10.3. The Kier molecular flexibility index (Phi) is 5.96. The van der Waals surface area contributed by atoms with E-state index in [0.717, 1.165) is 6.07 Å². The van der Waals surface area contributed by atoms with Crippen LogP contribution in [0.15, 0.2) is 17.0 Å². The van der Waals surface area contributed by atoms with Crippen LogP contribution in [0.5, 0.6) is 0 Å². The van der Waals surface area contributed by atoms with E-state index in [2.05, 4.69) is 5.43 Å². The first-order chi connectivity index (χ1) is 9.75. The summed E-state index contributed by atoms with van der Waals surface area (Å²) in [5.74, 6) is 5.86. The Hall–Kier alpha value is -1.36. The van der Waals surface area contributed by atoms with E-state index in [1.54, 1.807) is 6.92 Å². The Bertz CT molecular complexity index is 633. The van der Waals surface area contributed by atoms with E-state index in [9.17, 15) is 18.5 Å². The van der Waals surface area contributed by atoms with Gasteiger partial charge in [0.2, 0.25) is 10.0 Å². The maximum Gasteiger partial charge on any atom is 0.295 e. The first-order valence-electron chi connectivity index (χ1n) is 5.96. The van der Waals surface area contributed by atoms with Crippen molar-refractivity contribution >= 4 is 33.2 Å². The van der Waals surface area contributed by atoms with Gasteiger partial charge in [-0.15, -0.1) is 0 Å². The number of nitrogens with one attached hydrogen (secondary N) is 1. The van der Waals surface area contributed by atoms with Crippen molar-refractivity contribution < 1.29 is 13.3 Å². The number of thioether (sulfide) groups is 1. The van der Waals surface area contributed by atoms with Gasteiger partial charge in [0.25, 0.3) is 5.69 Å².